The van der Waals surface area contributed by atoms with E-state index in [2.05, 4.69) is 20.9 Å². The Morgan fingerprint density at radius 1 is 1.15 bits per heavy atom. The van der Waals surface area contributed by atoms with Crippen molar-refractivity contribution < 1.29 is 27.5 Å². The highest BCUT2D eigenvalue weighted by molar-refractivity contribution is 5.91. The third kappa shape index (κ3) is 7.53. The summed E-state index contributed by atoms with van der Waals surface area (Å²) in [6, 6.07) is 8.41. The first-order valence-electron chi connectivity index (χ1n) is 13.1. The van der Waals surface area contributed by atoms with Gasteiger partial charge >= 0.3 is 12.2 Å². The van der Waals surface area contributed by atoms with Gasteiger partial charge in [0.1, 0.15) is 17.7 Å². The zero-order valence-corrected chi connectivity index (χ0v) is 22.4. The number of likely N-dealkylation sites (tertiary alicyclic amines) is 1. The number of nitrogens with one attached hydrogen (secondary N) is 3. The number of amides is 3. The molecule has 0 unspecified atom stereocenters. The Labute approximate surface area is 226 Å². The Morgan fingerprint density at radius 3 is 2.59 bits per heavy atom. The van der Waals surface area contributed by atoms with Crippen LogP contribution in [0.25, 0.3) is 11.1 Å². The van der Waals surface area contributed by atoms with E-state index in [1.54, 1.807) is 20.0 Å². The second-order valence-electron chi connectivity index (χ2n) is 10.1. The zero-order chi connectivity index (χ0) is 28.2. The van der Waals surface area contributed by atoms with E-state index >= 15 is 0 Å². The van der Waals surface area contributed by atoms with Gasteiger partial charge in [-0.15, -0.1) is 0 Å². The summed E-state index contributed by atoms with van der Waals surface area (Å²) in [5, 5.41) is 8.64. The highest BCUT2D eigenvalue weighted by Gasteiger charge is 2.36. The molecule has 2 fully saturated rings. The van der Waals surface area contributed by atoms with E-state index in [1.165, 1.54) is 4.90 Å². The van der Waals surface area contributed by atoms with Gasteiger partial charge in [-0.2, -0.15) is 13.2 Å². The minimum atomic E-state index is -4.24. The largest absolute Gasteiger partial charge is 0.389 e. The molecular formula is C27H35F3N6O3. The molecule has 12 heteroatoms. The molecule has 3 N–H and O–H groups in total. The van der Waals surface area contributed by atoms with E-state index in [0.717, 1.165) is 22.5 Å². The van der Waals surface area contributed by atoms with Crippen LogP contribution in [-0.4, -0.2) is 80.5 Å². The predicted octanol–water partition coefficient (Wildman–Crippen LogP) is 4.25. The number of benzene rings is 1. The third-order valence-corrected chi connectivity index (χ3v) is 7.04. The van der Waals surface area contributed by atoms with Gasteiger partial charge in [0, 0.05) is 45.3 Å². The van der Waals surface area contributed by atoms with Crippen molar-refractivity contribution in [1.82, 2.24) is 15.2 Å². The first kappa shape index (κ1) is 28.5. The number of nitrogens with zero attached hydrogens (tertiary/aromatic N) is 3. The zero-order valence-electron chi connectivity index (χ0n) is 22.4. The van der Waals surface area contributed by atoms with E-state index in [4.69, 9.17) is 9.72 Å². The van der Waals surface area contributed by atoms with E-state index in [-0.39, 0.29) is 19.0 Å². The van der Waals surface area contributed by atoms with E-state index in [9.17, 15) is 22.8 Å². The highest BCUT2D eigenvalue weighted by atomic mass is 19.4. The second-order valence-corrected chi connectivity index (χ2v) is 10.1. The molecule has 1 aromatic heterocycles. The number of pyridine rings is 1. The summed E-state index contributed by atoms with van der Waals surface area (Å²) >= 11 is 0. The molecule has 0 aliphatic carbocycles. The van der Waals surface area contributed by atoms with Crippen molar-refractivity contribution in [2.75, 3.05) is 62.0 Å². The van der Waals surface area contributed by atoms with E-state index in [1.807, 2.05) is 31.2 Å². The molecule has 2 atom stereocenters. The summed E-state index contributed by atoms with van der Waals surface area (Å²) in [6.45, 7) is 6.61. The minimum absolute atomic E-state index is 0.0792. The number of urea groups is 1. The van der Waals surface area contributed by atoms with Crippen molar-refractivity contribution in [2.45, 2.75) is 38.9 Å². The van der Waals surface area contributed by atoms with Crippen LogP contribution in [0, 0.1) is 12.8 Å². The SMILES string of the molecule is CNC(=O)[C@H](C)Nc1cc(-c2cc(NC(=O)N3CC[C@@H](CC(F)(F)F)C3)ccc2C)cc(N2CCOCC2)n1. The van der Waals surface area contributed by atoms with Crippen LogP contribution in [0.4, 0.5) is 35.3 Å². The van der Waals surface area contributed by atoms with Crippen molar-refractivity contribution in [3.8, 4) is 11.1 Å². The maximum atomic E-state index is 12.8. The number of aryl methyl sites for hydroxylation is 1. The number of halogens is 3. The lowest BCUT2D eigenvalue weighted by Gasteiger charge is -2.29. The lowest BCUT2D eigenvalue weighted by molar-refractivity contribution is -0.143. The quantitative estimate of drug-likeness (QED) is 0.479. The van der Waals surface area contributed by atoms with Crippen LogP contribution < -0.4 is 20.9 Å². The van der Waals surface area contributed by atoms with Gasteiger partial charge in [-0.25, -0.2) is 9.78 Å². The minimum Gasteiger partial charge on any atom is -0.378 e. The number of hydrogen-bond acceptors (Lipinski definition) is 6. The molecule has 0 radical (unpaired) electrons. The Kier molecular flexibility index (Phi) is 8.83. The normalized spacial score (nSPS) is 18.6. The van der Waals surface area contributed by atoms with Crippen LogP contribution in [0.1, 0.15) is 25.3 Å². The van der Waals surface area contributed by atoms with Gasteiger partial charge in [-0.1, -0.05) is 6.07 Å². The maximum absolute atomic E-state index is 12.8. The first-order valence-corrected chi connectivity index (χ1v) is 13.1. The molecule has 3 amide bonds. The Hall–Kier alpha value is -3.54. The number of carbonyl (C=O) groups is 2. The molecule has 0 spiro atoms. The monoisotopic (exact) mass is 548 g/mol. The van der Waals surface area contributed by atoms with E-state index in [0.29, 0.717) is 44.2 Å². The molecule has 212 valence electrons. The molecule has 2 aromatic rings. The van der Waals surface area contributed by atoms with Crippen LogP contribution >= 0.6 is 0 Å². The lowest BCUT2D eigenvalue weighted by Crippen LogP contribution is -2.37. The molecule has 2 aliphatic heterocycles. The van der Waals surface area contributed by atoms with Crippen LogP contribution in [0.5, 0.6) is 0 Å². The number of carbonyl (C=O) groups excluding carboxylic acids is 2. The Balaban J connectivity index is 1.57. The van der Waals surface area contributed by atoms with Gasteiger partial charge in [0.25, 0.3) is 0 Å². The average Bonchev–Trinajstić information content (AvgIpc) is 3.36. The molecule has 0 saturated carbocycles. The third-order valence-electron chi connectivity index (χ3n) is 7.04. The molecule has 0 bridgehead atoms. The number of anilines is 3. The van der Waals surface area contributed by atoms with Crippen LogP contribution in [0.3, 0.4) is 0 Å². The molecule has 2 saturated heterocycles. The summed E-state index contributed by atoms with van der Waals surface area (Å²) in [5.74, 6) is 0.522. The summed E-state index contributed by atoms with van der Waals surface area (Å²) in [6.07, 6.45) is -4.79. The summed E-state index contributed by atoms with van der Waals surface area (Å²) in [4.78, 5) is 33.3. The number of hydrogen-bond donors (Lipinski definition) is 3. The summed E-state index contributed by atoms with van der Waals surface area (Å²) < 4.78 is 43.8. The van der Waals surface area contributed by atoms with Crippen molar-refractivity contribution in [3.05, 3.63) is 35.9 Å². The molecule has 2 aliphatic rings. The number of morpholine rings is 1. The fourth-order valence-electron chi connectivity index (χ4n) is 4.93. The standard InChI is InChI=1S/C27H35F3N6O3/c1-17-4-5-21(33-26(38)36-7-6-19(16-36)15-27(28,29)30)14-22(17)20-12-23(32-18(2)25(37)31-3)34-24(13-20)35-8-10-39-11-9-35/h4-5,12-14,18-19H,6-11,15-16H2,1-3H3,(H,31,37)(H,32,34)(H,33,38)/t18-,19-/m0/s1. The molecule has 4 rings (SSSR count). The van der Waals surface area contributed by atoms with Crippen molar-refractivity contribution in [3.63, 3.8) is 0 Å². The maximum Gasteiger partial charge on any atom is 0.389 e. The van der Waals surface area contributed by atoms with Crippen LogP contribution in [0.15, 0.2) is 30.3 Å². The Bertz CT molecular complexity index is 1190. The molecule has 3 heterocycles. The molecular weight excluding hydrogens is 513 g/mol. The fourth-order valence-corrected chi connectivity index (χ4v) is 4.93. The topological polar surface area (TPSA) is 98.8 Å². The molecule has 9 nitrogen and oxygen atoms in total. The number of likely N-dealkylation sites (N-methyl/N-ethyl adjacent to an activating group) is 1. The van der Waals surface area contributed by atoms with Gasteiger partial charge < -0.3 is 30.5 Å². The van der Waals surface area contributed by atoms with E-state index < -0.39 is 30.6 Å². The predicted molar refractivity (Wildman–Crippen MR) is 144 cm³/mol. The second kappa shape index (κ2) is 12.1. The average molecular weight is 549 g/mol. The number of aromatic nitrogens is 1. The smallest absolute Gasteiger partial charge is 0.378 e. The number of alkyl halides is 3. The molecule has 39 heavy (non-hydrogen) atoms. The van der Waals surface area contributed by atoms with Crippen molar-refractivity contribution in [2.24, 2.45) is 5.92 Å². The fraction of sp³-hybridized carbons (Fsp3) is 0.519. The summed E-state index contributed by atoms with van der Waals surface area (Å²) in [7, 11) is 1.57. The van der Waals surface area contributed by atoms with Gasteiger partial charge in [-0.3, -0.25) is 4.79 Å². The van der Waals surface area contributed by atoms with Crippen molar-refractivity contribution in [1.29, 1.82) is 0 Å². The Morgan fingerprint density at radius 2 is 1.90 bits per heavy atom. The first-order chi connectivity index (χ1) is 18.5. The van der Waals surface area contributed by atoms with Gasteiger partial charge in [0.05, 0.1) is 13.2 Å². The molecule has 1 aromatic carbocycles. The number of rotatable bonds is 7. The number of ether oxygens (including phenoxy) is 1. The summed E-state index contributed by atoms with van der Waals surface area (Å²) in [5.41, 5.74) is 3.21. The van der Waals surface area contributed by atoms with Crippen LogP contribution in [0.2, 0.25) is 0 Å². The van der Waals surface area contributed by atoms with Gasteiger partial charge in [0.2, 0.25) is 5.91 Å². The highest BCUT2D eigenvalue weighted by Crippen LogP contribution is 2.33. The van der Waals surface area contributed by atoms with Crippen LogP contribution in [-0.2, 0) is 9.53 Å². The van der Waals surface area contributed by atoms with Crippen molar-refractivity contribution >= 4 is 29.3 Å². The van der Waals surface area contributed by atoms with Gasteiger partial charge in [-0.05, 0) is 67.1 Å². The van der Waals surface area contributed by atoms with Gasteiger partial charge in [0.15, 0.2) is 0 Å². The lowest BCUT2D eigenvalue weighted by atomic mass is 10.00.